The highest BCUT2D eigenvalue weighted by molar-refractivity contribution is 7.87. The molecule has 7 heteroatoms. The second-order valence-electron chi connectivity index (χ2n) is 5.17. The first-order valence-electron chi connectivity index (χ1n) is 6.60. The molecule has 108 valence electrons. The summed E-state index contributed by atoms with van der Waals surface area (Å²) in [6, 6.07) is -0.0169. The van der Waals surface area contributed by atoms with Crippen molar-refractivity contribution in [1.82, 2.24) is 9.03 Å². The molecule has 1 saturated heterocycles. The highest BCUT2D eigenvalue weighted by Crippen LogP contribution is 2.31. The van der Waals surface area contributed by atoms with Gasteiger partial charge in [-0.05, 0) is 31.6 Å². The van der Waals surface area contributed by atoms with Crippen LogP contribution in [0.25, 0.3) is 0 Å². The lowest BCUT2D eigenvalue weighted by Gasteiger charge is -2.21. The Morgan fingerprint density at radius 1 is 1.17 bits per heavy atom. The predicted octanol–water partition coefficient (Wildman–Crippen LogP) is 0.856. The Balaban J connectivity index is 0.00000162. The van der Waals surface area contributed by atoms with Gasteiger partial charge in [0.05, 0.1) is 0 Å². The van der Waals surface area contributed by atoms with Gasteiger partial charge in [0.2, 0.25) is 0 Å². The Bertz CT molecular complexity index is 338. The van der Waals surface area contributed by atoms with Crippen LogP contribution in [0.3, 0.4) is 0 Å². The van der Waals surface area contributed by atoms with Crippen LogP contribution in [0.2, 0.25) is 0 Å². The Kier molecular flexibility index (Phi) is 6.34. The van der Waals surface area contributed by atoms with E-state index in [9.17, 15) is 8.42 Å². The van der Waals surface area contributed by atoms with E-state index < -0.39 is 10.2 Å². The van der Waals surface area contributed by atoms with Gasteiger partial charge in [0, 0.05) is 25.7 Å². The van der Waals surface area contributed by atoms with Crippen LogP contribution in [-0.2, 0) is 10.2 Å². The third-order valence-electron chi connectivity index (χ3n) is 3.63. The van der Waals surface area contributed by atoms with Crippen molar-refractivity contribution < 1.29 is 8.42 Å². The van der Waals surface area contributed by atoms with Gasteiger partial charge in [-0.25, -0.2) is 4.72 Å². The van der Waals surface area contributed by atoms with E-state index in [-0.39, 0.29) is 18.4 Å². The normalized spacial score (nSPS) is 24.1. The summed E-state index contributed by atoms with van der Waals surface area (Å²) >= 11 is 0. The zero-order valence-electron chi connectivity index (χ0n) is 10.7. The summed E-state index contributed by atoms with van der Waals surface area (Å²) in [5, 5.41) is 0. The lowest BCUT2D eigenvalue weighted by atomic mass is 10.2. The van der Waals surface area contributed by atoms with Crippen molar-refractivity contribution in [2.75, 3.05) is 19.6 Å². The topological polar surface area (TPSA) is 75.4 Å². The molecule has 0 aromatic rings. The molecule has 2 fully saturated rings. The average Bonchev–Trinajstić information content (AvgIpc) is 3.11. The summed E-state index contributed by atoms with van der Waals surface area (Å²) in [5.41, 5.74) is 5.90. The molecule has 2 aliphatic rings. The quantitative estimate of drug-likeness (QED) is 0.790. The molecular weight excluding hydrogens is 274 g/mol. The number of nitrogens with one attached hydrogen (secondary N) is 1. The van der Waals surface area contributed by atoms with Gasteiger partial charge in [-0.3, -0.25) is 0 Å². The van der Waals surface area contributed by atoms with Gasteiger partial charge in [-0.2, -0.15) is 12.7 Å². The van der Waals surface area contributed by atoms with Crippen LogP contribution in [0, 0.1) is 5.92 Å². The lowest BCUT2D eigenvalue weighted by Crippen LogP contribution is -2.46. The van der Waals surface area contributed by atoms with E-state index in [4.69, 9.17) is 5.73 Å². The molecule has 0 radical (unpaired) electrons. The van der Waals surface area contributed by atoms with Crippen LogP contribution in [0.4, 0.5) is 0 Å². The standard InChI is InChI=1S/C11H23N3O2S.ClH/c12-11(10-5-6-10)9-13-17(15,16)14-7-3-1-2-4-8-14;/h10-11,13H,1-9,12H2;1H. The first-order chi connectivity index (χ1) is 8.09. The molecule has 0 bridgehead atoms. The van der Waals surface area contributed by atoms with E-state index in [2.05, 4.69) is 4.72 Å². The highest BCUT2D eigenvalue weighted by atomic mass is 35.5. The zero-order chi connectivity index (χ0) is 12.3. The van der Waals surface area contributed by atoms with Gasteiger partial charge in [0.25, 0.3) is 10.2 Å². The largest absolute Gasteiger partial charge is 0.326 e. The van der Waals surface area contributed by atoms with Crippen LogP contribution >= 0.6 is 12.4 Å². The number of hydrogen-bond acceptors (Lipinski definition) is 3. The number of nitrogens with zero attached hydrogens (tertiary/aromatic N) is 1. The Hall–Kier alpha value is 0.120. The molecule has 0 aromatic heterocycles. The van der Waals surface area contributed by atoms with Crippen molar-refractivity contribution in [1.29, 1.82) is 0 Å². The Morgan fingerprint density at radius 2 is 1.72 bits per heavy atom. The molecule has 0 spiro atoms. The van der Waals surface area contributed by atoms with E-state index >= 15 is 0 Å². The minimum Gasteiger partial charge on any atom is -0.326 e. The van der Waals surface area contributed by atoms with Crippen molar-refractivity contribution in [2.24, 2.45) is 11.7 Å². The van der Waals surface area contributed by atoms with E-state index in [0.29, 0.717) is 25.6 Å². The summed E-state index contributed by atoms with van der Waals surface area (Å²) in [4.78, 5) is 0. The molecular formula is C11H24ClN3O2S. The molecule has 1 heterocycles. The van der Waals surface area contributed by atoms with E-state index in [1.165, 1.54) is 0 Å². The highest BCUT2D eigenvalue weighted by Gasteiger charge is 2.30. The van der Waals surface area contributed by atoms with Crippen LogP contribution in [0.5, 0.6) is 0 Å². The zero-order valence-corrected chi connectivity index (χ0v) is 12.3. The van der Waals surface area contributed by atoms with Crippen molar-refractivity contribution in [2.45, 2.75) is 44.6 Å². The third kappa shape index (κ3) is 4.66. The van der Waals surface area contributed by atoms with Crippen molar-refractivity contribution in [3.63, 3.8) is 0 Å². The first kappa shape index (κ1) is 16.2. The fraction of sp³-hybridized carbons (Fsp3) is 1.00. The van der Waals surface area contributed by atoms with E-state index in [1.807, 2.05) is 0 Å². The molecule has 3 N–H and O–H groups in total. The monoisotopic (exact) mass is 297 g/mol. The van der Waals surface area contributed by atoms with Crippen LogP contribution in [0.1, 0.15) is 38.5 Å². The Morgan fingerprint density at radius 3 is 2.22 bits per heavy atom. The molecule has 5 nitrogen and oxygen atoms in total. The molecule has 1 atom stereocenters. The van der Waals surface area contributed by atoms with Gasteiger partial charge in [-0.1, -0.05) is 12.8 Å². The second-order valence-corrected chi connectivity index (χ2v) is 6.92. The minimum atomic E-state index is -3.30. The molecule has 18 heavy (non-hydrogen) atoms. The molecule has 1 aliphatic heterocycles. The summed E-state index contributed by atoms with van der Waals surface area (Å²) < 4.78 is 28.3. The number of rotatable bonds is 5. The number of hydrogen-bond donors (Lipinski definition) is 2. The van der Waals surface area contributed by atoms with Gasteiger partial charge in [0.15, 0.2) is 0 Å². The summed E-state index contributed by atoms with van der Waals surface area (Å²) in [6.45, 7) is 1.67. The Labute approximate surface area is 116 Å². The smallest absolute Gasteiger partial charge is 0.279 e. The number of halogens is 1. The fourth-order valence-electron chi connectivity index (χ4n) is 2.27. The molecule has 1 saturated carbocycles. The maximum atomic E-state index is 12.0. The lowest BCUT2D eigenvalue weighted by molar-refractivity contribution is 0.411. The molecule has 0 aromatic carbocycles. The predicted molar refractivity (Wildman–Crippen MR) is 74.9 cm³/mol. The van der Waals surface area contributed by atoms with Crippen LogP contribution < -0.4 is 10.5 Å². The second kappa shape index (κ2) is 7.05. The summed E-state index contributed by atoms with van der Waals surface area (Å²) in [5.74, 6) is 0.529. The van der Waals surface area contributed by atoms with E-state index in [1.54, 1.807) is 4.31 Å². The SMILES string of the molecule is Cl.NC(CNS(=O)(=O)N1CCCCCC1)C1CC1. The van der Waals surface area contributed by atoms with Crippen molar-refractivity contribution in [3.05, 3.63) is 0 Å². The summed E-state index contributed by atoms with van der Waals surface area (Å²) in [7, 11) is -3.30. The van der Waals surface area contributed by atoms with Gasteiger partial charge < -0.3 is 5.73 Å². The minimum absolute atomic E-state index is 0. The first-order valence-corrected chi connectivity index (χ1v) is 8.04. The number of nitrogens with two attached hydrogens (primary N) is 1. The van der Waals surface area contributed by atoms with Crippen molar-refractivity contribution >= 4 is 22.6 Å². The molecule has 1 unspecified atom stereocenters. The van der Waals surface area contributed by atoms with Gasteiger partial charge in [0.1, 0.15) is 0 Å². The third-order valence-corrected chi connectivity index (χ3v) is 5.21. The maximum Gasteiger partial charge on any atom is 0.279 e. The molecule has 1 aliphatic carbocycles. The fourth-order valence-corrected chi connectivity index (χ4v) is 3.59. The van der Waals surface area contributed by atoms with Crippen LogP contribution in [-0.4, -0.2) is 38.4 Å². The maximum absolute atomic E-state index is 12.0. The van der Waals surface area contributed by atoms with Crippen LogP contribution in [0.15, 0.2) is 0 Å². The van der Waals surface area contributed by atoms with Gasteiger partial charge in [-0.15, -0.1) is 12.4 Å². The van der Waals surface area contributed by atoms with Crippen molar-refractivity contribution in [3.8, 4) is 0 Å². The average molecular weight is 298 g/mol. The summed E-state index contributed by atoms with van der Waals surface area (Å²) in [6.07, 6.45) is 6.49. The van der Waals surface area contributed by atoms with E-state index in [0.717, 1.165) is 38.5 Å². The molecule has 2 rings (SSSR count). The molecule has 0 amide bonds. The van der Waals surface area contributed by atoms with Gasteiger partial charge >= 0.3 is 0 Å².